The van der Waals surface area contributed by atoms with Gasteiger partial charge < -0.3 is 20.4 Å². The van der Waals surface area contributed by atoms with Crippen molar-refractivity contribution in [3.63, 3.8) is 0 Å². The van der Waals surface area contributed by atoms with Gasteiger partial charge in [-0.1, -0.05) is 6.92 Å². The average molecular weight is 330 g/mol. The molecule has 1 fully saturated rings. The summed E-state index contributed by atoms with van der Waals surface area (Å²) in [5.74, 6) is 0.762. The number of hydrogen-bond acceptors (Lipinski definition) is 6. The second kappa shape index (κ2) is 7.44. The molecule has 7 heteroatoms. The predicted molar refractivity (Wildman–Crippen MR) is 95.6 cm³/mol. The molecule has 0 aliphatic carbocycles. The Balaban J connectivity index is 1.70. The second-order valence-corrected chi connectivity index (χ2v) is 5.73. The van der Waals surface area contributed by atoms with E-state index in [2.05, 4.69) is 37.3 Å². The first kappa shape index (κ1) is 16.4. The van der Waals surface area contributed by atoms with E-state index < -0.39 is 0 Å². The maximum absolute atomic E-state index is 14.5. The number of anilines is 4. The highest BCUT2D eigenvalue weighted by atomic mass is 19.1. The van der Waals surface area contributed by atoms with Crippen molar-refractivity contribution in [2.75, 3.05) is 55.3 Å². The summed E-state index contributed by atoms with van der Waals surface area (Å²) in [6.45, 7) is 7.13. The highest BCUT2D eigenvalue weighted by Crippen LogP contribution is 2.25. The van der Waals surface area contributed by atoms with Gasteiger partial charge in [0.25, 0.3) is 0 Å². The lowest BCUT2D eigenvalue weighted by Gasteiger charge is -2.35. The number of likely N-dealkylation sites (N-methyl/N-ethyl adjacent to an activating group) is 1. The number of hydrogen-bond donors (Lipinski definition) is 2. The molecule has 0 spiro atoms. The summed E-state index contributed by atoms with van der Waals surface area (Å²) in [5, 5.41) is 5.86. The lowest BCUT2D eigenvalue weighted by Crippen LogP contribution is -2.46. The molecule has 2 aromatic rings. The van der Waals surface area contributed by atoms with E-state index in [0.717, 1.165) is 38.4 Å². The Morgan fingerprint density at radius 2 is 1.96 bits per heavy atom. The van der Waals surface area contributed by atoms with E-state index in [-0.39, 0.29) is 5.82 Å². The maximum Gasteiger partial charge on any atom is 0.224 e. The van der Waals surface area contributed by atoms with Gasteiger partial charge in [-0.2, -0.15) is 4.98 Å². The van der Waals surface area contributed by atoms with Gasteiger partial charge in [0.05, 0.1) is 5.69 Å². The molecule has 1 aliphatic rings. The normalized spacial score (nSPS) is 15.4. The zero-order valence-corrected chi connectivity index (χ0v) is 14.1. The fourth-order valence-electron chi connectivity index (χ4n) is 2.81. The minimum atomic E-state index is -0.282. The minimum absolute atomic E-state index is 0.282. The van der Waals surface area contributed by atoms with Crippen molar-refractivity contribution in [1.29, 1.82) is 0 Å². The van der Waals surface area contributed by atoms with Crippen molar-refractivity contribution in [3.8, 4) is 0 Å². The number of nitrogens with one attached hydrogen (secondary N) is 2. The summed E-state index contributed by atoms with van der Waals surface area (Å²) in [6, 6.07) is 7.01. The van der Waals surface area contributed by atoms with E-state index in [1.54, 1.807) is 31.4 Å². The molecule has 24 heavy (non-hydrogen) atoms. The summed E-state index contributed by atoms with van der Waals surface area (Å²) in [6.07, 6.45) is 1.63. The molecule has 1 aliphatic heterocycles. The molecule has 0 unspecified atom stereocenters. The molecule has 0 bridgehead atoms. The van der Waals surface area contributed by atoms with Crippen molar-refractivity contribution in [2.45, 2.75) is 6.92 Å². The molecule has 0 amide bonds. The molecule has 1 saturated heterocycles. The van der Waals surface area contributed by atoms with E-state index in [1.165, 1.54) is 0 Å². The lowest BCUT2D eigenvalue weighted by atomic mass is 10.2. The van der Waals surface area contributed by atoms with Crippen LogP contribution in [0.15, 0.2) is 30.5 Å². The fourth-order valence-corrected chi connectivity index (χ4v) is 2.81. The molecular weight excluding hydrogens is 307 g/mol. The second-order valence-electron chi connectivity index (χ2n) is 5.73. The van der Waals surface area contributed by atoms with Gasteiger partial charge in [0.2, 0.25) is 5.95 Å². The van der Waals surface area contributed by atoms with Gasteiger partial charge in [-0.15, -0.1) is 0 Å². The first-order valence-electron chi connectivity index (χ1n) is 8.24. The standard InChI is InChI=1S/C17H23FN6/c1-3-23-8-10-24(11-9-23)13-4-5-15(14(18)12-13)21-16-6-7-20-17(19-2)22-16/h4-7,12H,3,8-11H2,1-2H3,(H2,19,20,21,22). The molecule has 128 valence electrons. The molecule has 1 aromatic heterocycles. The monoisotopic (exact) mass is 330 g/mol. The zero-order chi connectivity index (χ0) is 16.9. The third kappa shape index (κ3) is 3.73. The third-order valence-corrected chi connectivity index (χ3v) is 4.28. The zero-order valence-electron chi connectivity index (χ0n) is 14.1. The largest absolute Gasteiger partial charge is 0.369 e. The first-order chi connectivity index (χ1) is 11.7. The van der Waals surface area contributed by atoms with Crippen LogP contribution in [-0.2, 0) is 0 Å². The molecule has 0 radical (unpaired) electrons. The number of rotatable bonds is 5. The Bertz CT molecular complexity index is 685. The van der Waals surface area contributed by atoms with E-state index in [0.29, 0.717) is 17.5 Å². The van der Waals surface area contributed by atoms with E-state index in [4.69, 9.17) is 0 Å². The van der Waals surface area contributed by atoms with Gasteiger partial charge in [0.1, 0.15) is 11.6 Å². The first-order valence-corrected chi connectivity index (χ1v) is 8.24. The van der Waals surface area contributed by atoms with Crippen molar-refractivity contribution in [2.24, 2.45) is 0 Å². The number of aromatic nitrogens is 2. The summed E-state index contributed by atoms with van der Waals surface area (Å²) < 4.78 is 14.5. The molecule has 2 N–H and O–H groups in total. The number of nitrogens with zero attached hydrogens (tertiary/aromatic N) is 4. The summed E-state index contributed by atoms with van der Waals surface area (Å²) in [4.78, 5) is 12.9. The van der Waals surface area contributed by atoms with Gasteiger partial charge in [0, 0.05) is 45.1 Å². The van der Waals surface area contributed by atoms with Crippen LogP contribution in [0.2, 0.25) is 0 Å². The predicted octanol–water partition coefficient (Wildman–Crippen LogP) is 2.54. The van der Waals surface area contributed by atoms with Gasteiger partial charge in [0.15, 0.2) is 0 Å². The SMILES string of the molecule is CCN1CCN(c2ccc(Nc3ccnc(NC)n3)c(F)c2)CC1. The van der Waals surface area contributed by atoms with Crippen LogP contribution in [0, 0.1) is 5.82 Å². The Morgan fingerprint density at radius 1 is 1.17 bits per heavy atom. The van der Waals surface area contributed by atoms with Crippen molar-refractivity contribution in [1.82, 2.24) is 14.9 Å². The number of halogens is 1. The van der Waals surface area contributed by atoms with Crippen LogP contribution >= 0.6 is 0 Å². The fraction of sp³-hybridized carbons (Fsp3) is 0.412. The van der Waals surface area contributed by atoms with Gasteiger partial charge in [-0.05, 0) is 30.8 Å². The van der Waals surface area contributed by atoms with Crippen molar-refractivity contribution in [3.05, 3.63) is 36.3 Å². The maximum atomic E-state index is 14.5. The summed E-state index contributed by atoms with van der Waals surface area (Å²) >= 11 is 0. The van der Waals surface area contributed by atoms with Gasteiger partial charge in [-0.3, -0.25) is 0 Å². The third-order valence-electron chi connectivity index (χ3n) is 4.28. The smallest absolute Gasteiger partial charge is 0.224 e. The van der Waals surface area contributed by atoms with Crippen LogP contribution in [0.1, 0.15) is 6.92 Å². The van der Waals surface area contributed by atoms with E-state index in [1.807, 2.05) is 6.07 Å². The summed E-state index contributed by atoms with van der Waals surface area (Å²) in [7, 11) is 1.74. The van der Waals surface area contributed by atoms with Crippen LogP contribution in [0.4, 0.5) is 27.5 Å². The molecule has 1 aromatic carbocycles. The van der Waals surface area contributed by atoms with E-state index >= 15 is 0 Å². The molecule has 6 nitrogen and oxygen atoms in total. The molecule has 0 atom stereocenters. The van der Waals surface area contributed by atoms with E-state index in [9.17, 15) is 4.39 Å². The summed E-state index contributed by atoms with van der Waals surface area (Å²) in [5.41, 5.74) is 1.33. The Morgan fingerprint density at radius 3 is 2.62 bits per heavy atom. The Hall–Kier alpha value is -2.41. The number of benzene rings is 1. The van der Waals surface area contributed by atoms with Crippen LogP contribution in [0.3, 0.4) is 0 Å². The highest BCUT2D eigenvalue weighted by Gasteiger charge is 2.17. The van der Waals surface area contributed by atoms with Crippen molar-refractivity contribution < 1.29 is 4.39 Å². The Labute approximate surface area is 141 Å². The van der Waals surface area contributed by atoms with Crippen molar-refractivity contribution >= 4 is 23.1 Å². The Kier molecular flexibility index (Phi) is 5.10. The van der Waals surface area contributed by atoms with Crippen LogP contribution < -0.4 is 15.5 Å². The lowest BCUT2D eigenvalue weighted by molar-refractivity contribution is 0.271. The molecule has 2 heterocycles. The number of piperazine rings is 1. The quantitative estimate of drug-likeness (QED) is 0.879. The molecular formula is C17H23FN6. The van der Waals surface area contributed by atoms with Gasteiger partial charge >= 0.3 is 0 Å². The van der Waals surface area contributed by atoms with Crippen LogP contribution in [0.25, 0.3) is 0 Å². The highest BCUT2D eigenvalue weighted by molar-refractivity contribution is 5.62. The average Bonchev–Trinajstić information content (AvgIpc) is 2.63. The minimum Gasteiger partial charge on any atom is -0.369 e. The van der Waals surface area contributed by atoms with Crippen LogP contribution in [0.5, 0.6) is 0 Å². The topological polar surface area (TPSA) is 56.3 Å². The van der Waals surface area contributed by atoms with Crippen LogP contribution in [-0.4, -0.2) is 54.6 Å². The van der Waals surface area contributed by atoms with Gasteiger partial charge in [-0.25, -0.2) is 9.37 Å². The molecule has 3 rings (SSSR count). The molecule has 0 saturated carbocycles.